The average Bonchev–Trinajstić information content (AvgIpc) is 2.24. The Morgan fingerprint density at radius 1 is 1.25 bits per heavy atom. The van der Waals surface area contributed by atoms with Crippen LogP contribution < -0.4 is 0 Å². The molecule has 0 saturated carbocycles. The summed E-state index contributed by atoms with van der Waals surface area (Å²) in [5.74, 6) is 2.20. The molecule has 0 fully saturated rings. The molecule has 12 heavy (non-hydrogen) atoms. The maximum absolute atomic E-state index is 9.10. The van der Waals surface area contributed by atoms with Gasteiger partial charge in [-0.15, -0.1) is 0 Å². The lowest BCUT2D eigenvalue weighted by atomic mass is 9.98. The van der Waals surface area contributed by atoms with E-state index in [1.165, 1.54) is 0 Å². The van der Waals surface area contributed by atoms with E-state index in [1.54, 1.807) is 0 Å². The van der Waals surface area contributed by atoms with E-state index >= 15 is 0 Å². The van der Waals surface area contributed by atoms with Gasteiger partial charge < -0.3 is 9.52 Å². The topological polar surface area (TPSA) is 33.4 Å². The summed E-state index contributed by atoms with van der Waals surface area (Å²) < 4.78 is 5.44. The Morgan fingerprint density at radius 2 is 1.83 bits per heavy atom. The number of hydrogen-bond acceptors (Lipinski definition) is 2. The van der Waals surface area contributed by atoms with Crippen LogP contribution in [0.4, 0.5) is 0 Å². The predicted molar refractivity (Wildman–Crippen MR) is 48.2 cm³/mol. The van der Waals surface area contributed by atoms with Gasteiger partial charge in [0.15, 0.2) is 0 Å². The zero-order valence-corrected chi connectivity index (χ0v) is 8.14. The molecule has 0 radical (unpaired) electrons. The van der Waals surface area contributed by atoms with E-state index in [0.29, 0.717) is 5.92 Å². The first-order valence-electron chi connectivity index (χ1n) is 4.27. The van der Waals surface area contributed by atoms with E-state index in [1.807, 2.05) is 13.8 Å². The molecule has 1 heterocycles. The van der Waals surface area contributed by atoms with E-state index in [-0.39, 0.29) is 6.61 Å². The molecule has 0 bridgehead atoms. The van der Waals surface area contributed by atoms with Gasteiger partial charge in [-0.25, -0.2) is 0 Å². The molecule has 0 unspecified atom stereocenters. The van der Waals surface area contributed by atoms with E-state index in [0.717, 1.165) is 22.6 Å². The maximum Gasteiger partial charge on any atom is 0.106 e. The van der Waals surface area contributed by atoms with Gasteiger partial charge in [-0.3, -0.25) is 0 Å². The Hall–Kier alpha value is -0.760. The number of aliphatic hydroxyl groups excluding tert-OH is 1. The molecule has 0 aliphatic rings. The van der Waals surface area contributed by atoms with Crippen molar-refractivity contribution in [2.75, 3.05) is 0 Å². The highest BCUT2D eigenvalue weighted by atomic mass is 16.3. The summed E-state index contributed by atoms with van der Waals surface area (Å²) in [5, 5.41) is 9.10. The highest BCUT2D eigenvalue weighted by Crippen LogP contribution is 2.28. The summed E-state index contributed by atoms with van der Waals surface area (Å²) in [6.07, 6.45) is 0. The Bertz CT molecular complexity index is 272. The number of rotatable bonds is 2. The summed E-state index contributed by atoms with van der Waals surface area (Å²) in [6.45, 7) is 8.13. The van der Waals surface area contributed by atoms with Crippen LogP contribution in [0.15, 0.2) is 4.42 Å². The largest absolute Gasteiger partial charge is 0.466 e. The van der Waals surface area contributed by atoms with Gasteiger partial charge in [-0.05, 0) is 19.8 Å². The second-order valence-electron chi connectivity index (χ2n) is 3.42. The average molecular weight is 168 g/mol. The number of hydrogen-bond donors (Lipinski definition) is 1. The zero-order chi connectivity index (χ0) is 9.30. The Morgan fingerprint density at radius 3 is 2.17 bits per heavy atom. The summed E-state index contributed by atoms with van der Waals surface area (Å²) in [5.41, 5.74) is 2.12. The minimum Gasteiger partial charge on any atom is -0.466 e. The predicted octanol–water partition coefficient (Wildman–Crippen LogP) is 2.51. The molecule has 0 aromatic carbocycles. The lowest BCUT2D eigenvalue weighted by Gasteiger charge is -2.05. The Labute approximate surface area is 73.2 Å². The molecule has 1 aromatic rings. The number of aliphatic hydroxyl groups is 1. The molecule has 1 N–H and O–H groups in total. The highest BCUT2D eigenvalue weighted by Gasteiger charge is 2.16. The van der Waals surface area contributed by atoms with Gasteiger partial charge in [0.05, 0.1) is 6.61 Å². The Kier molecular flexibility index (Phi) is 2.58. The first kappa shape index (κ1) is 9.33. The smallest absolute Gasteiger partial charge is 0.106 e. The number of aryl methyl sites for hydroxylation is 2. The van der Waals surface area contributed by atoms with Crippen LogP contribution in [0.3, 0.4) is 0 Å². The molecular weight excluding hydrogens is 152 g/mol. The molecule has 0 aliphatic heterocycles. The van der Waals surface area contributed by atoms with Gasteiger partial charge in [-0.1, -0.05) is 13.8 Å². The van der Waals surface area contributed by atoms with E-state index in [2.05, 4.69) is 13.8 Å². The van der Waals surface area contributed by atoms with Crippen molar-refractivity contribution in [1.82, 2.24) is 0 Å². The van der Waals surface area contributed by atoms with E-state index in [4.69, 9.17) is 9.52 Å². The molecule has 0 spiro atoms. The van der Waals surface area contributed by atoms with Crippen molar-refractivity contribution < 1.29 is 9.52 Å². The normalized spacial score (nSPS) is 11.2. The summed E-state index contributed by atoms with van der Waals surface area (Å²) in [6, 6.07) is 0. The third-order valence-electron chi connectivity index (χ3n) is 2.17. The first-order chi connectivity index (χ1) is 5.57. The van der Waals surface area contributed by atoms with Crippen LogP contribution in [-0.4, -0.2) is 5.11 Å². The standard InChI is InChI=1S/C10H16O2/c1-6(2)10-8(4)12-7(3)9(10)5-11/h6,11H,5H2,1-4H3. The number of furan rings is 1. The van der Waals surface area contributed by atoms with Gasteiger partial charge >= 0.3 is 0 Å². The van der Waals surface area contributed by atoms with Gasteiger partial charge in [0, 0.05) is 11.1 Å². The van der Waals surface area contributed by atoms with Crippen molar-refractivity contribution in [1.29, 1.82) is 0 Å². The van der Waals surface area contributed by atoms with Crippen LogP contribution >= 0.6 is 0 Å². The van der Waals surface area contributed by atoms with Gasteiger partial charge in [0.1, 0.15) is 11.5 Å². The van der Waals surface area contributed by atoms with Crippen molar-refractivity contribution in [2.45, 2.75) is 40.2 Å². The molecule has 0 amide bonds. The maximum atomic E-state index is 9.10. The lowest BCUT2D eigenvalue weighted by molar-refractivity contribution is 0.277. The molecule has 1 rings (SSSR count). The van der Waals surface area contributed by atoms with E-state index < -0.39 is 0 Å². The molecule has 0 atom stereocenters. The van der Waals surface area contributed by atoms with Crippen molar-refractivity contribution in [3.8, 4) is 0 Å². The van der Waals surface area contributed by atoms with Crippen molar-refractivity contribution in [3.05, 3.63) is 22.6 Å². The second kappa shape index (κ2) is 3.31. The third kappa shape index (κ3) is 1.39. The van der Waals surface area contributed by atoms with Crippen LogP contribution in [-0.2, 0) is 6.61 Å². The fourth-order valence-corrected chi connectivity index (χ4v) is 1.70. The minimum absolute atomic E-state index is 0.0800. The summed E-state index contributed by atoms with van der Waals surface area (Å²) in [7, 11) is 0. The van der Waals surface area contributed by atoms with Crippen LogP contribution in [0.1, 0.15) is 42.4 Å². The van der Waals surface area contributed by atoms with Crippen LogP contribution in [0.5, 0.6) is 0 Å². The zero-order valence-electron chi connectivity index (χ0n) is 8.14. The minimum atomic E-state index is 0.0800. The molecule has 2 heteroatoms. The SMILES string of the molecule is Cc1oc(C)c(C(C)C)c1CO. The molecular formula is C10H16O2. The summed E-state index contributed by atoms with van der Waals surface area (Å²) in [4.78, 5) is 0. The van der Waals surface area contributed by atoms with Crippen molar-refractivity contribution in [2.24, 2.45) is 0 Å². The second-order valence-corrected chi connectivity index (χ2v) is 3.42. The molecule has 68 valence electrons. The fraction of sp³-hybridized carbons (Fsp3) is 0.600. The lowest BCUT2D eigenvalue weighted by Crippen LogP contribution is -1.94. The molecule has 0 saturated heterocycles. The quantitative estimate of drug-likeness (QED) is 0.736. The van der Waals surface area contributed by atoms with Crippen LogP contribution in [0.2, 0.25) is 0 Å². The molecule has 0 aliphatic carbocycles. The first-order valence-corrected chi connectivity index (χ1v) is 4.27. The third-order valence-corrected chi connectivity index (χ3v) is 2.17. The highest BCUT2D eigenvalue weighted by molar-refractivity contribution is 5.34. The van der Waals surface area contributed by atoms with Gasteiger partial charge in [0.25, 0.3) is 0 Å². The molecule has 2 nitrogen and oxygen atoms in total. The van der Waals surface area contributed by atoms with E-state index in [9.17, 15) is 0 Å². The van der Waals surface area contributed by atoms with Crippen LogP contribution in [0.25, 0.3) is 0 Å². The molecule has 1 aromatic heterocycles. The van der Waals surface area contributed by atoms with Gasteiger partial charge in [-0.2, -0.15) is 0 Å². The van der Waals surface area contributed by atoms with Crippen molar-refractivity contribution >= 4 is 0 Å². The summed E-state index contributed by atoms with van der Waals surface area (Å²) >= 11 is 0. The van der Waals surface area contributed by atoms with Crippen LogP contribution in [0, 0.1) is 13.8 Å². The van der Waals surface area contributed by atoms with Crippen molar-refractivity contribution in [3.63, 3.8) is 0 Å². The monoisotopic (exact) mass is 168 g/mol. The Balaban J connectivity index is 3.23. The fourth-order valence-electron chi connectivity index (χ4n) is 1.70. The van der Waals surface area contributed by atoms with Gasteiger partial charge in [0.2, 0.25) is 0 Å².